The Balaban J connectivity index is 3.76. The van der Waals surface area contributed by atoms with Gasteiger partial charge >= 0.3 is 17.9 Å². The zero-order valence-electron chi connectivity index (χ0n) is 34.0. The molecule has 0 aromatic heterocycles. The summed E-state index contributed by atoms with van der Waals surface area (Å²) in [6.45, 7) is 4.34. The molecule has 0 aromatic carbocycles. The maximum absolute atomic E-state index is 11.1. The number of hydrogen-bond acceptors (Lipinski definition) is 18. The second-order valence-corrected chi connectivity index (χ2v) is 19.7. The van der Waals surface area contributed by atoms with Gasteiger partial charge in [0.15, 0.2) is 0 Å². The molecule has 336 valence electrons. The fourth-order valence-corrected chi connectivity index (χ4v) is 15.5. The van der Waals surface area contributed by atoms with Crippen LogP contribution in [0.4, 0.5) is 0 Å². The van der Waals surface area contributed by atoms with E-state index >= 15 is 0 Å². The van der Waals surface area contributed by atoms with Gasteiger partial charge in [0.1, 0.15) is 0 Å². The standard InChI is InChI=1S/C33H69N6O15P3/c1-46-19-22-49-25-28-52-55(34-16-10-4-7-13-31(40)41)37-56(53-29-26-50-23-20-47-2,35-17-11-5-8-14-32(42)43)39-57(38-55,54-30-27-51-24-21-48-3)36-18-12-6-9-15-33(44)45/h34-36H,4-30H2,1-3H3,(H,40,41)(H,42,43)(H,44,45). The molecule has 24 heteroatoms. The van der Waals surface area contributed by atoms with E-state index in [1.54, 1.807) is 21.3 Å². The van der Waals surface area contributed by atoms with Gasteiger partial charge in [-0.2, -0.15) is 13.5 Å². The van der Waals surface area contributed by atoms with Gasteiger partial charge in [-0.15, -0.1) is 0 Å². The molecule has 57 heavy (non-hydrogen) atoms. The van der Waals surface area contributed by atoms with E-state index in [1.807, 2.05) is 0 Å². The van der Waals surface area contributed by atoms with E-state index in [0.29, 0.717) is 117 Å². The second kappa shape index (κ2) is 34.3. The number of nitrogens with zero attached hydrogens (tertiary/aromatic N) is 3. The zero-order valence-corrected chi connectivity index (χ0v) is 36.7. The van der Waals surface area contributed by atoms with Crippen LogP contribution in [-0.2, 0) is 56.4 Å². The average molecular weight is 883 g/mol. The molecule has 1 heterocycles. The van der Waals surface area contributed by atoms with Crippen molar-refractivity contribution in [2.75, 3.05) is 120 Å². The molecule has 0 saturated heterocycles. The normalized spacial score (nSPS) is 20.5. The Hall–Kier alpha value is -1.38. The molecule has 0 saturated carbocycles. The highest BCUT2D eigenvalue weighted by atomic mass is 31.3. The van der Waals surface area contributed by atoms with Crippen LogP contribution in [0.5, 0.6) is 0 Å². The van der Waals surface area contributed by atoms with E-state index in [0.717, 1.165) is 0 Å². The fraction of sp³-hybridized carbons (Fsp3) is 0.909. The summed E-state index contributed by atoms with van der Waals surface area (Å²) in [5.74, 6) is -2.58. The molecular formula is C33H69N6O15P3. The Bertz CT molecular complexity index is 1100. The number of aliphatic carboxylic acids is 3. The van der Waals surface area contributed by atoms with Crippen molar-refractivity contribution in [3.8, 4) is 0 Å². The van der Waals surface area contributed by atoms with E-state index in [-0.39, 0.29) is 58.9 Å². The van der Waals surface area contributed by atoms with E-state index < -0.39 is 40.7 Å². The van der Waals surface area contributed by atoms with Gasteiger partial charge in [0.05, 0.1) is 79.3 Å². The van der Waals surface area contributed by atoms with E-state index in [9.17, 15) is 14.4 Å². The first-order valence-corrected chi connectivity index (χ1v) is 24.3. The van der Waals surface area contributed by atoms with Crippen molar-refractivity contribution in [1.82, 2.24) is 15.3 Å². The molecule has 0 bridgehead atoms. The maximum atomic E-state index is 11.1. The number of methoxy groups -OCH3 is 3. The van der Waals surface area contributed by atoms with Crippen LogP contribution in [0.3, 0.4) is 0 Å². The number of unbranched alkanes of at least 4 members (excludes halogenated alkanes) is 6. The Morgan fingerprint density at radius 1 is 0.404 bits per heavy atom. The minimum absolute atomic E-state index is 0.0554. The molecule has 21 nitrogen and oxygen atoms in total. The van der Waals surface area contributed by atoms with Crippen LogP contribution < -0.4 is 15.3 Å². The van der Waals surface area contributed by atoms with Gasteiger partial charge in [-0.1, -0.05) is 19.3 Å². The molecule has 0 fully saturated rings. The van der Waals surface area contributed by atoms with Gasteiger partial charge < -0.3 is 57.3 Å². The highest BCUT2D eigenvalue weighted by Crippen LogP contribution is 2.75. The number of carboxylic acid groups (broad SMARTS) is 3. The van der Waals surface area contributed by atoms with Gasteiger partial charge in [0, 0.05) is 60.2 Å². The lowest BCUT2D eigenvalue weighted by atomic mass is 10.2. The molecule has 6 N–H and O–H groups in total. The van der Waals surface area contributed by atoms with Crippen molar-refractivity contribution in [3.05, 3.63) is 0 Å². The molecule has 0 aliphatic carbocycles. The number of rotatable bonds is 42. The average Bonchev–Trinajstić information content (AvgIpc) is 3.16. The molecule has 0 spiro atoms. The summed E-state index contributed by atoms with van der Waals surface area (Å²) in [5, 5.41) is 37.9. The highest BCUT2D eigenvalue weighted by molar-refractivity contribution is 7.81. The number of carboxylic acids is 3. The second-order valence-electron chi connectivity index (χ2n) is 12.6. The van der Waals surface area contributed by atoms with Crippen LogP contribution in [0, 0.1) is 0 Å². The Morgan fingerprint density at radius 3 is 0.912 bits per heavy atom. The predicted octanol–water partition coefficient (Wildman–Crippen LogP) is 5.58. The van der Waals surface area contributed by atoms with Crippen LogP contribution >= 0.6 is 22.7 Å². The molecule has 1 aliphatic heterocycles. The zero-order chi connectivity index (χ0) is 41.9. The van der Waals surface area contributed by atoms with Gasteiger partial charge in [-0.3, -0.25) is 14.4 Å². The molecule has 0 aromatic rings. The summed E-state index contributed by atoms with van der Waals surface area (Å²) in [5.41, 5.74) is 0. The summed E-state index contributed by atoms with van der Waals surface area (Å²) in [6, 6.07) is 0. The summed E-state index contributed by atoms with van der Waals surface area (Å²) >= 11 is 0. The van der Waals surface area contributed by atoms with Crippen LogP contribution in [0.2, 0.25) is 0 Å². The molecular weight excluding hydrogens is 813 g/mol. The minimum atomic E-state index is -3.41. The molecule has 0 atom stereocenters. The van der Waals surface area contributed by atoms with Crippen LogP contribution in [0.1, 0.15) is 77.0 Å². The minimum Gasteiger partial charge on any atom is -0.481 e. The van der Waals surface area contributed by atoms with Crippen LogP contribution in [0.15, 0.2) is 13.5 Å². The van der Waals surface area contributed by atoms with Crippen molar-refractivity contribution in [2.24, 2.45) is 13.5 Å². The van der Waals surface area contributed by atoms with E-state index in [1.165, 1.54) is 0 Å². The number of ether oxygens (including phenoxy) is 6. The quantitative estimate of drug-likeness (QED) is 0.0323. The first-order valence-electron chi connectivity index (χ1n) is 19.5. The third-order valence-corrected chi connectivity index (χ3v) is 17.0. The fourth-order valence-electron chi connectivity index (χ4n) is 4.84. The Morgan fingerprint density at radius 2 is 0.667 bits per heavy atom. The van der Waals surface area contributed by atoms with Crippen molar-refractivity contribution < 1.29 is 71.7 Å². The summed E-state index contributed by atoms with van der Waals surface area (Å²) in [4.78, 5) is 33.4. The lowest BCUT2D eigenvalue weighted by Crippen LogP contribution is -2.23. The van der Waals surface area contributed by atoms with Crippen LogP contribution in [-0.4, -0.2) is 153 Å². The van der Waals surface area contributed by atoms with E-state index in [2.05, 4.69) is 15.3 Å². The first kappa shape index (κ1) is 53.6. The SMILES string of the molecule is COCCOCCOP1(NCCCCCC(=O)O)=NP(NCCCCCC(=O)O)(OCCOCCOC)=NP(NCCCCCC(=O)O)(OCCOCCOC)=N1. The van der Waals surface area contributed by atoms with Crippen molar-refractivity contribution in [3.63, 3.8) is 0 Å². The third-order valence-electron chi connectivity index (χ3n) is 7.68. The molecule has 1 rings (SSSR count). The van der Waals surface area contributed by atoms with Crippen LogP contribution in [0.25, 0.3) is 0 Å². The number of hydrogen-bond donors (Lipinski definition) is 6. The van der Waals surface area contributed by atoms with E-state index in [4.69, 9.17) is 70.9 Å². The third kappa shape index (κ3) is 27.9. The lowest BCUT2D eigenvalue weighted by molar-refractivity contribution is -0.138. The smallest absolute Gasteiger partial charge is 0.303 e. The van der Waals surface area contributed by atoms with Crippen molar-refractivity contribution in [1.29, 1.82) is 0 Å². The largest absolute Gasteiger partial charge is 0.481 e. The predicted molar refractivity (Wildman–Crippen MR) is 216 cm³/mol. The Labute approximate surface area is 338 Å². The molecule has 0 amide bonds. The van der Waals surface area contributed by atoms with Gasteiger partial charge in [-0.05, 0) is 38.5 Å². The van der Waals surface area contributed by atoms with Gasteiger partial charge in [0.25, 0.3) is 22.7 Å². The number of nitrogens with one attached hydrogen (secondary N) is 3. The Kier molecular flexibility index (Phi) is 32.3. The molecule has 0 unspecified atom stereocenters. The van der Waals surface area contributed by atoms with Gasteiger partial charge in [-0.25, -0.2) is 15.3 Å². The van der Waals surface area contributed by atoms with Crippen molar-refractivity contribution >= 4 is 40.7 Å². The highest BCUT2D eigenvalue weighted by Gasteiger charge is 2.40. The summed E-state index contributed by atoms with van der Waals surface area (Å²) in [6.07, 6.45) is 5.40. The monoisotopic (exact) mass is 882 g/mol. The lowest BCUT2D eigenvalue weighted by Gasteiger charge is -2.35. The molecule has 0 radical (unpaired) electrons. The van der Waals surface area contributed by atoms with Crippen molar-refractivity contribution in [2.45, 2.75) is 77.0 Å². The van der Waals surface area contributed by atoms with Gasteiger partial charge in [0.2, 0.25) is 0 Å². The number of carbonyl (C=O) groups is 3. The molecule has 1 aliphatic rings. The first-order chi connectivity index (χ1) is 27.6. The summed E-state index contributed by atoms with van der Waals surface area (Å²) in [7, 11) is -5.49. The maximum Gasteiger partial charge on any atom is 0.303 e. The topological polar surface area (TPSA) is 268 Å². The summed E-state index contributed by atoms with van der Waals surface area (Å²) < 4.78 is 67.9.